The van der Waals surface area contributed by atoms with Gasteiger partial charge >= 0.3 is 0 Å². The molecule has 27 aromatic carbocycles. The van der Waals surface area contributed by atoms with Gasteiger partial charge in [0.25, 0.3) is 0 Å². The van der Waals surface area contributed by atoms with Gasteiger partial charge in [0.05, 0.1) is 55.2 Å². The molecule has 5 heterocycles. The second-order valence-electron chi connectivity index (χ2n) is 38.7. The molecule has 0 N–H and O–H groups in total. The van der Waals surface area contributed by atoms with Crippen LogP contribution in [0.15, 0.2) is 528 Å². The first-order valence-electron chi connectivity index (χ1n) is 50.5. The van der Waals surface area contributed by atoms with Crippen molar-refractivity contribution < 1.29 is 0 Å². The molecule has 0 fully saturated rings. The highest BCUT2D eigenvalue weighted by Gasteiger charge is 2.25. The van der Waals surface area contributed by atoms with Gasteiger partial charge in [0.2, 0.25) is 0 Å². The number of para-hydroxylation sites is 2. The number of benzene rings is 27. The maximum atomic E-state index is 5.37. The maximum Gasteiger partial charge on any atom is 0.0794 e. The highest BCUT2D eigenvalue weighted by Crippen LogP contribution is 2.50. The van der Waals surface area contributed by atoms with Crippen LogP contribution in [0.1, 0.15) is 0 Å². The summed E-state index contributed by atoms with van der Waals surface area (Å²) in [7, 11) is 0. The van der Waals surface area contributed by atoms with Crippen LogP contribution in [0.2, 0.25) is 0 Å². The van der Waals surface area contributed by atoms with Gasteiger partial charge in [-0.25, -0.2) is 19.9 Å². The van der Waals surface area contributed by atoms with Crippen molar-refractivity contribution in [2.45, 2.75) is 0 Å². The molecule has 147 heavy (non-hydrogen) atoms. The molecule has 0 saturated heterocycles. The van der Waals surface area contributed by atoms with Crippen molar-refractivity contribution in [2.24, 2.45) is 0 Å². The number of rotatable bonds is 6. The number of hydrogen-bond acceptors (Lipinski definition) is 4. The Morgan fingerprint density at radius 1 is 0.116 bits per heavy atom. The Labute approximate surface area is 845 Å². The van der Waals surface area contributed by atoms with E-state index in [4.69, 9.17) is 19.9 Å². The monoisotopic (exact) mass is 1860 g/mol. The maximum absolute atomic E-state index is 5.37. The minimum atomic E-state index is 1.05. The fraction of sp³-hybridized carbons (Fsp3) is 0. The highest BCUT2D eigenvalue weighted by atomic mass is 15.0. The predicted molar refractivity (Wildman–Crippen MR) is 629 cm³/mol. The Hall–Kier alpha value is -19.5. The van der Waals surface area contributed by atoms with Gasteiger partial charge in [0.1, 0.15) is 0 Å². The molecule has 0 radical (unpaired) electrons. The zero-order valence-electron chi connectivity index (χ0n) is 80.0. The number of pyridine rings is 4. The van der Waals surface area contributed by atoms with E-state index in [9.17, 15) is 0 Å². The van der Waals surface area contributed by atoms with E-state index in [1.54, 1.807) is 0 Å². The summed E-state index contributed by atoms with van der Waals surface area (Å²) < 4.78 is 2.37. The summed E-state index contributed by atoms with van der Waals surface area (Å²) in [6.07, 6.45) is 0. The molecule has 0 saturated carbocycles. The summed E-state index contributed by atoms with van der Waals surface area (Å²) in [6.45, 7) is 0. The largest absolute Gasteiger partial charge is 0.309 e. The summed E-state index contributed by atoms with van der Waals surface area (Å²) >= 11 is 0. The quantitative estimate of drug-likeness (QED) is 0.123. The fourth-order valence-corrected chi connectivity index (χ4v) is 23.8. The molecule has 5 aromatic heterocycles. The second kappa shape index (κ2) is 34.8. The first-order valence-corrected chi connectivity index (χ1v) is 50.5. The molecule has 680 valence electrons. The van der Waals surface area contributed by atoms with Crippen molar-refractivity contribution >= 4 is 238 Å². The third kappa shape index (κ3) is 14.1. The molecule has 32 aromatic rings. The summed E-state index contributed by atoms with van der Waals surface area (Å²) in [5.41, 5.74) is 24.4. The lowest BCUT2D eigenvalue weighted by Crippen LogP contribution is -1.93. The van der Waals surface area contributed by atoms with Crippen molar-refractivity contribution in [1.29, 1.82) is 0 Å². The average molecular weight is 1860 g/mol. The van der Waals surface area contributed by atoms with Gasteiger partial charge < -0.3 is 4.57 Å². The molecule has 0 atom stereocenters. The van der Waals surface area contributed by atoms with E-state index in [1.165, 1.54) is 255 Å². The van der Waals surface area contributed by atoms with Crippen molar-refractivity contribution in [2.75, 3.05) is 0 Å². The van der Waals surface area contributed by atoms with Crippen molar-refractivity contribution in [1.82, 2.24) is 24.5 Å². The summed E-state index contributed by atoms with van der Waals surface area (Å²) in [5.74, 6) is 0. The Kier molecular flexibility index (Phi) is 20.0. The van der Waals surface area contributed by atoms with E-state index in [-0.39, 0.29) is 0 Å². The van der Waals surface area contributed by atoms with Gasteiger partial charge in [-0.2, -0.15) is 0 Å². The Morgan fingerprint density at radius 3 is 0.789 bits per heavy atom. The van der Waals surface area contributed by atoms with Crippen molar-refractivity contribution in [3.8, 4) is 61.3 Å². The van der Waals surface area contributed by atoms with E-state index >= 15 is 0 Å². The average Bonchev–Trinajstić information content (AvgIpc) is 1.21. The van der Waals surface area contributed by atoms with Crippen LogP contribution in [0.3, 0.4) is 0 Å². The van der Waals surface area contributed by atoms with E-state index in [2.05, 4.69) is 532 Å². The molecule has 0 aliphatic carbocycles. The normalized spacial score (nSPS) is 11.8. The number of fused-ring (bicyclic) bond motifs is 32. The lowest BCUT2D eigenvalue weighted by atomic mass is 9.88. The van der Waals surface area contributed by atoms with Gasteiger partial charge in [-0.3, -0.25) is 0 Å². The van der Waals surface area contributed by atoms with Crippen molar-refractivity contribution in [3.63, 3.8) is 0 Å². The topological polar surface area (TPSA) is 56.5 Å². The number of nitrogens with zero attached hydrogens (tertiary/aromatic N) is 5. The third-order valence-electron chi connectivity index (χ3n) is 30.6. The molecule has 0 aliphatic rings. The Morgan fingerprint density at radius 2 is 0.381 bits per heavy atom. The number of aromatic nitrogens is 5. The molecule has 5 heteroatoms. The van der Waals surface area contributed by atoms with Crippen LogP contribution in [0.5, 0.6) is 0 Å². The zero-order chi connectivity index (χ0) is 96.7. The van der Waals surface area contributed by atoms with Gasteiger partial charge in [-0.15, -0.1) is 0 Å². The summed E-state index contributed by atoms with van der Waals surface area (Å²) in [6, 6.07) is 190. The van der Waals surface area contributed by atoms with Gasteiger partial charge in [0, 0.05) is 125 Å². The molecule has 0 bridgehead atoms. The summed E-state index contributed by atoms with van der Waals surface area (Å²) in [5, 5.41) is 41.4. The Bertz CT molecular complexity index is 10700. The van der Waals surface area contributed by atoms with E-state index in [0.717, 1.165) is 44.1 Å². The Balaban J connectivity index is 0.0000000929. The van der Waals surface area contributed by atoms with E-state index in [0.29, 0.717) is 0 Å². The van der Waals surface area contributed by atoms with Gasteiger partial charge in [-0.1, -0.05) is 485 Å². The molecular formula is C142H87N5. The molecule has 0 amide bonds. The SMILES string of the molecule is c1ccc(-n2c3ccccc3c3cc(-c4c5ccc6ccccc6c5nc5c4ccc4ccccc45)ccc32)cc1.c1ccc2c(-c3ccc(-c4c5ccc6ccccc6c5nc5c4ccc4ccccc45)cc3)cccc2c1.c1ccc2c(c1)cc(-c1c3ccc4ccccc4c3nc3c1ccc1ccccc13)c1ccccc12.c1ccc2cc(-c3c4ccc5ccccc5c4nc4c3ccc3ccccc34)ccc2c1. The smallest absolute Gasteiger partial charge is 0.0794 e. The molecule has 32 rings (SSSR count). The first kappa shape index (κ1) is 84.4. The third-order valence-corrected chi connectivity index (χ3v) is 30.6. The predicted octanol–water partition coefficient (Wildman–Crippen LogP) is 38.8. The van der Waals surface area contributed by atoms with Crippen LogP contribution in [0, 0.1) is 0 Å². The highest BCUT2D eigenvalue weighted by molar-refractivity contribution is 6.29. The van der Waals surface area contributed by atoms with Gasteiger partial charge in [0.15, 0.2) is 0 Å². The molecule has 5 nitrogen and oxygen atoms in total. The minimum absolute atomic E-state index is 1.05. The van der Waals surface area contributed by atoms with Crippen LogP contribution in [-0.4, -0.2) is 24.5 Å². The fourth-order valence-electron chi connectivity index (χ4n) is 23.8. The number of hydrogen-bond donors (Lipinski definition) is 0. The van der Waals surface area contributed by atoms with Gasteiger partial charge in [-0.05, 0) is 162 Å². The second-order valence-corrected chi connectivity index (χ2v) is 38.7. The molecule has 0 unspecified atom stereocenters. The van der Waals surface area contributed by atoms with Crippen LogP contribution in [0.25, 0.3) is 300 Å². The molecule has 0 spiro atoms. The first-order chi connectivity index (χ1) is 72.9. The van der Waals surface area contributed by atoms with Crippen LogP contribution >= 0.6 is 0 Å². The molecule has 0 aliphatic heterocycles. The zero-order valence-corrected chi connectivity index (χ0v) is 80.0. The minimum Gasteiger partial charge on any atom is -0.309 e. The standard InChI is InChI=1S/C39H24N2.C37H23N.C35H21N.C31H19N/c1-2-12-28(13-3-1)41-35-17-9-8-16-31(35)34-24-27(20-23-36(34)41)37-32-21-18-25-10-4-6-14-29(25)38(32)40-39-30-15-7-5-11-26(30)19-22-33(37)39;1-4-12-29-24(8-1)11-7-15-30(29)27-16-18-28(19-17-27)35-33-22-20-25-9-2-5-13-31(25)36(33)38-37-32-14-6-3-10-26(32)21-23-34(35)37;1-5-13-26-22(9-1)17-19-30-33(31-20-18-23-10-2-6-14-27(23)35(31)36-34(26)30)32-21-24-11-3-4-12-25(24)28-15-7-8-16-29(28)32;1-2-10-23-19-24(14-13-20(23)7-1)29-27-17-15-21-8-3-5-11-25(21)30(27)32-31-26-12-6-4-9-22(26)16-18-28(29)31/h1-24H;1-23H;1-21H;1-19H. The van der Waals surface area contributed by atoms with Crippen LogP contribution < -0.4 is 0 Å². The lowest BCUT2D eigenvalue weighted by Gasteiger charge is -2.17. The van der Waals surface area contributed by atoms with Crippen LogP contribution in [-0.2, 0) is 0 Å². The van der Waals surface area contributed by atoms with Crippen molar-refractivity contribution in [3.05, 3.63) is 528 Å². The summed E-state index contributed by atoms with van der Waals surface area (Å²) in [4.78, 5) is 21.3. The lowest BCUT2D eigenvalue weighted by molar-refractivity contribution is 1.18. The van der Waals surface area contributed by atoms with Crippen LogP contribution in [0.4, 0.5) is 0 Å². The van der Waals surface area contributed by atoms with E-state index < -0.39 is 0 Å². The molecular weight excluding hydrogens is 1780 g/mol. The van der Waals surface area contributed by atoms with E-state index in [1.807, 2.05) is 0 Å².